The zero-order valence-electron chi connectivity index (χ0n) is 42.2. The second-order valence-electron chi connectivity index (χ2n) is 18.4. The second kappa shape index (κ2) is 28.1. The Balaban J connectivity index is 1.34. The quantitative estimate of drug-likeness (QED) is 0.0307. The van der Waals surface area contributed by atoms with Crippen LogP contribution in [0.1, 0.15) is 81.3 Å². The number of amides is 2. The molecule has 0 radical (unpaired) electrons. The van der Waals surface area contributed by atoms with Gasteiger partial charge in [0, 0.05) is 50.1 Å². The summed E-state index contributed by atoms with van der Waals surface area (Å²) >= 11 is 0. The van der Waals surface area contributed by atoms with Crippen molar-refractivity contribution in [2.45, 2.75) is 94.9 Å². The minimum absolute atomic E-state index is 0.0153. The number of aliphatic hydroxyl groups excluding tert-OH is 3. The van der Waals surface area contributed by atoms with E-state index in [-0.39, 0.29) is 83.4 Å². The number of allylic oxidation sites excluding steroid dienone is 1. The predicted octanol–water partition coefficient (Wildman–Crippen LogP) is 8.14. The van der Waals surface area contributed by atoms with E-state index in [0.29, 0.717) is 74.0 Å². The third-order valence-electron chi connectivity index (χ3n) is 13.8. The molecule has 1 unspecified atom stereocenters. The number of hydrogen-bond acceptors (Lipinski definition) is 16. The average molecular weight is 1020 g/mol. The smallest absolute Gasteiger partial charge is 0.417 e. The molecule has 4 N–H and O–H groups in total. The minimum atomic E-state index is -1.62. The molecule has 2 amide bonds. The third-order valence-corrected chi connectivity index (χ3v) is 13.8. The topological polar surface area (TPSA) is 215 Å². The van der Waals surface area contributed by atoms with Crippen LogP contribution in [0.4, 0.5) is 15.3 Å². The fourth-order valence-electron chi connectivity index (χ4n) is 10.5. The highest BCUT2D eigenvalue weighted by atomic mass is 16.8. The molecule has 0 aromatic heterocycles. The molecule has 3 aromatic rings. The van der Waals surface area contributed by atoms with Crippen molar-refractivity contribution in [2.75, 3.05) is 85.5 Å². The number of unbranched alkanes of at least 4 members (excludes halogenated alkanes) is 2. The first-order chi connectivity index (χ1) is 35.8. The Hall–Kier alpha value is -5.73. The number of anilines is 1. The summed E-state index contributed by atoms with van der Waals surface area (Å²) in [5.41, 5.74) is 3.49. The van der Waals surface area contributed by atoms with Crippen molar-refractivity contribution >= 4 is 23.6 Å². The van der Waals surface area contributed by atoms with Crippen molar-refractivity contribution in [3.63, 3.8) is 0 Å². The summed E-state index contributed by atoms with van der Waals surface area (Å²) in [6.45, 7) is 4.96. The molecule has 18 nitrogen and oxygen atoms in total. The summed E-state index contributed by atoms with van der Waals surface area (Å²) in [7, 11) is 3.03. The fourth-order valence-corrected chi connectivity index (χ4v) is 10.5. The highest BCUT2D eigenvalue weighted by Crippen LogP contribution is 2.62. The van der Waals surface area contributed by atoms with E-state index in [1.165, 1.54) is 7.11 Å². The van der Waals surface area contributed by atoms with E-state index >= 15 is 0 Å². The lowest BCUT2D eigenvalue weighted by atomic mass is 9.55. The fraction of sp³-hybridized carbons (Fsp3) is 0.545. The molecular formula is C55H73N3O15. The number of nitrogens with zero attached hydrogens (tertiary/aromatic N) is 2. The molecule has 2 aliphatic carbocycles. The Morgan fingerprint density at radius 3 is 2.44 bits per heavy atom. The summed E-state index contributed by atoms with van der Waals surface area (Å²) < 4.78 is 55.1. The van der Waals surface area contributed by atoms with E-state index in [2.05, 4.69) is 18.0 Å². The monoisotopic (exact) mass is 1020 g/mol. The Bertz CT molecular complexity index is 2290. The van der Waals surface area contributed by atoms with Gasteiger partial charge in [-0.1, -0.05) is 60.5 Å². The van der Waals surface area contributed by atoms with Crippen LogP contribution < -0.4 is 24.3 Å². The summed E-state index contributed by atoms with van der Waals surface area (Å²) in [4.78, 5) is 36.3. The Kier molecular flexibility index (Phi) is 21.2. The molecule has 398 valence electrons. The molecule has 4 aliphatic rings. The Labute approximate surface area is 428 Å². The van der Waals surface area contributed by atoms with Gasteiger partial charge in [-0.3, -0.25) is 10.2 Å². The average Bonchev–Trinajstić information content (AvgIpc) is 3.41. The highest BCUT2D eigenvalue weighted by molar-refractivity contribution is 6.03. The van der Waals surface area contributed by atoms with E-state index < -0.39 is 42.1 Å². The zero-order valence-corrected chi connectivity index (χ0v) is 42.2. The van der Waals surface area contributed by atoms with Gasteiger partial charge in [-0.05, 0) is 91.8 Å². The van der Waals surface area contributed by atoms with Crippen LogP contribution in [0.2, 0.25) is 0 Å². The van der Waals surface area contributed by atoms with Crippen LogP contribution in [0.25, 0.3) is 0 Å². The maximum Gasteiger partial charge on any atom is 0.417 e. The summed E-state index contributed by atoms with van der Waals surface area (Å²) in [6, 6.07) is 19.0. The maximum atomic E-state index is 14.8. The number of carbonyl (C=O) groups is 2. The largest absolute Gasteiger partial charge is 0.497 e. The number of carbonyl (C=O) groups excluding carboxylic acids is 2. The minimum Gasteiger partial charge on any atom is -0.497 e. The van der Waals surface area contributed by atoms with Gasteiger partial charge in [0.15, 0.2) is 0 Å². The van der Waals surface area contributed by atoms with Crippen molar-refractivity contribution in [2.24, 2.45) is 22.9 Å². The number of nitrogens with one attached hydrogen (secondary N) is 1. The number of ether oxygens (including phenoxy) is 9. The molecule has 1 saturated carbocycles. The molecule has 2 heterocycles. The molecule has 3 aromatic carbocycles. The first kappa shape index (κ1) is 55.0. The van der Waals surface area contributed by atoms with Gasteiger partial charge in [-0.2, -0.15) is 0 Å². The number of methoxy groups -OCH3 is 2. The van der Waals surface area contributed by atoms with Crippen LogP contribution >= 0.6 is 0 Å². The van der Waals surface area contributed by atoms with Crippen molar-refractivity contribution < 1.29 is 72.4 Å². The van der Waals surface area contributed by atoms with E-state index in [1.807, 2.05) is 36.4 Å². The Morgan fingerprint density at radius 1 is 0.890 bits per heavy atom. The van der Waals surface area contributed by atoms with Crippen molar-refractivity contribution in [1.29, 1.82) is 0 Å². The van der Waals surface area contributed by atoms with Crippen molar-refractivity contribution in [1.82, 2.24) is 4.90 Å². The van der Waals surface area contributed by atoms with Crippen molar-refractivity contribution in [3.05, 3.63) is 102 Å². The summed E-state index contributed by atoms with van der Waals surface area (Å²) in [6.07, 6.45) is 8.48. The summed E-state index contributed by atoms with van der Waals surface area (Å²) in [5, 5.41) is 37.5. The van der Waals surface area contributed by atoms with Crippen LogP contribution in [0.3, 0.4) is 0 Å². The van der Waals surface area contributed by atoms with Crippen LogP contribution in [0, 0.1) is 17.8 Å². The van der Waals surface area contributed by atoms with Gasteiger partial charge in [0.2, 0.25) is 12.1 Å². The van der Waals surface area contributed by atoms with Crippen LogP contribution in [0.5, 0.6) is 23.0 Å². The normalized spacial score (nSPS) is 23.5. The second-order valence-corrected chi connectivity index (χ2v) is 18.4. The molecule has 0 spiro atoms. The number of fused-ring (bicyclic) bond motifs is 2. The number of hydrogen-bond donors (Lipinski definition) is 4. The van der Waals surface area contributed by atoms with E-state index in [4.69, 9.17) is 52.6 Å². The number of oxime groups is 1. The van der Waals surface area contributed by atoms with E-state index in [1.54, 1.807) is 48.4 Å². The first-order valence-corrected chi connectivity index (χ1v) is 25.6. The molecule has 18 heteroatoms. The molecular weight excluding hydrogens is 943 g/mol. The van der Waals surface area contributed by atoms with E-state index in [9.17, 15) is 24.9 Å². The van der Waals surface area contributed by atoms with Gasteiger partial charge >= 0.3 is 12.2 Å². The van der Waals surface area contributed by atoms with Gasteiger partial charge in [-0.25, -0.2) is 9.59 Å². The number of rotatable bonds is 28. The van der Waals surface area contributed by atoms with Gasteiger partial charge in [0.25, 0.3) is 0 Å². The first-order valence-electron chi connectivity index (χ1n) is 25.6. The predicted molar refractivity (Wildman–Crippen MR) is 271 cm³/mol. The highest BCUT2D eigenvalue weighted by Gasteiger charge is 2.65. The molecule has 7 rings (SSSR count). The lowest BCUT2D eigenvalue weighted by molar-refractivity contribution is -0.256. The SMILES string of the molecule is C=CCO[C@@]12Oc3ccc(OC(=O)Nc4ccc(OC)cc4OC)cc3[C@H]3[C@H](CCCCO)[C@@H](CCCCO)C=C(C(=NOC4CCCCO4)C[C@@H]1N(CCOCCO)C(=O)OCCOCc1ccccc1)[C@H]32. The molecule has 73 heavy (non-hydrogen) atoms. The molecule has 2 aliphatic heterocycles. The van der Waals surface area contributed by atoms with Gasteiger partial charge in [0.05, 0.1) is 77.8 Å². The molecule has 7 atom stereocenters. The summed E-state index contributed by atoms with van der Waals surface area (Å²) in [5.74, 6) is -1.26. The maximum absolute atomic E-state index is 14.8. The molecule has 2 fully saturated rings. The molecule has 1 saturated heterocycles. The Morgan fingerprint density at radius 2 is 1.70 bits per heavy atom. The van der Waals surface area contributed by atoms with Gasteiger partial charge in [0.1, 0.15) is 35.6 Å². The lowest BCUT2D eigenvalue weighted by Crippen LogP contribution is -2.70. The number of benzene rings is 3. The van der Waals surface area contributed by atoms with Crippen LogP contribution in [0.15, 0.2) is 96.2 Å². The van der Waals surface area contributed by atoms with Gasteiger partial charge in [-0.15, -0.1) is 6.58 Å². The van der Waals surface area contributed by atoms with Crippen LogP contribution in [-0.4, -0.2) is 136 Å². The standard InChI is InChI=1S/C55H73N3O15/c1-4-27-70-55-49(58(23-29-66-30-26-61)54(63)69-32-31-67-37-38-14-6-5-7-15-38)36-46(57-73-50-18-10-13-28-68-50)43-33-39(16-8-11-24-59)42(17-9-12-25-60)51(52(43)55)44-34-41(20-22-47(44)72-55)71-53(62)56-45-21-19-40(64-2)35-48(45)65-3/h4-7,14-15,19-22,33-35,39,42,49-52,59-61H,1,8-13,16-18,23-32,36-37H2,2-3H3,(H,56,62)/t39-,42+,49-,50?,51+,52+,55+/m0/s1. The van der Waals surface area contributed by atoms with Crippen LogP contribution in [-0.2, 0) is 35.1 Å². The molecule has 0 bridgehead atoms. The zero-order chi connectivity index (χ0) is 51.4. The van der Waals surface area contributed by atoms with Gasteiger partial charge < -0.3 is 62.8 Å². The lowest BCUT2D eigenvalue weighted by Gasteiger charge is -2.59. The van der Waals surface area contributed by atoms with E-state index in [0.717, 1.165) is 42.4 Å². The number of aliphatic hydroxyl groups is 3. The third kappa shape index (κ3) is 14.1. The van der Waals surface area contributed by atoms with Crippen molar-refractivity contribution in [3.8, 4) is 23.0 Å².